The van der Waals surface area contributed by atoms with Gasteiger partial charge in [0.15, 0.2) is 0 Å². The van der Waals surface area contributed by atoms with Crippen LogP contribution in [0.4, 0.5) is 5.82 Å². The van der Waals surface area contributed by atoms with Crippen molar-refractivity contribution in [2.45, 2.75) is 0 Å². The van der Waals surface area contributed by atoms with E-state index in [-0.39, 0.29) is 17.4 Å². The van der Waals surface area contributed by atoms with E-state index in [1.807, 2.05) is 0 Å². The van der Waals surface area contributed by atoms with E-state index in [2.05, 4.69) is 25.2 Å². The van der Waals surface area contributed by atoms with Crippen molar-refractivity contribution in [1.82, 2.24) is 20.5 Å². The van der Waals surface area contributed by atoms with E-state index in [0.717, 1.165) is 32.8 Å². The molecule has 0 radical (unpaired) electrons. The zero-order valence-electron chi connectivity index (χ0n) is 9.39. The minimum atomic E-state index is -0.364. The lowest BCUT2D eigenvalue weighted by Crippen LogP contribution is -2.41. The summed E-state index contributed by atoms with van der Waals surface area (Å²) in [4.78, 5) is 13.8. The molecule has 17 heavy (non-hydrogen) atoms. The Labute approximate surface area is 98.0 Å². The van der Waals surface area contributed by atoms with Gasteiger partial charge in [-0.15, -0.1) is 0 Å². The maximum atomic E-state index is 11.6. The molecule has 94 valence electrons. The van der Waals surface area contributed by atoms with Crippen LogP contribution in [0.25, 0.3) is 0 Å². The summed E-state index contributed by atoms with van der Waals surface area (Å²) < 4.78 is 9.58. The number of morpholine rings is 1. The Balaban J connectivity index is 1.71. The SMILES string of the molecule is Nc1nonc1C(=O)NCCN1CCOCC1. The molecule has 1 fully saturated rings. The Kier molecular flexibility index (Phi) is 3.89. The maximum absolute atomic E-state index is 11.6. The molecule has 0 aromatic carbocycles. The molecule has 2 rings (SSSR count). The van der Waals surface area contributed by atoms with Gasteiger partial charge < -0.3 is 15.8 Å². The predicted molar refractivity (Wildman–Crippen MR) is 58.3 cm³/mol. The third kappa shape index (κ3) is 3.14. The monoisotopic (exact) mass is 241 g/mol. The number of amides is 1. The Morgan fingerprint density at radius 1 is 1.41 bits per heavy atom. The Morgan fingerprint density at radius 3 is 2.82 bits per heavy atom. The highest BCUT2D eigenvalue weighted by Crippen LogP contribution is 2.03. The lowest BCUT2D eigenvalue weighted by atomic mass is 10.4. The topological polar surface area (TPSA) is 107 Å². The first-order chi connectivity index (χ1) is 8.27. The number of anilines is 1. The van der Waals surface area contributed by atoms with Crippen LogP contribution in [-0.2, 0) is 4.74 Å². The third-order valence-corrected chi connectivity index (χ3v) is 2.55. The van der Waals surface area contributed by atoms with E-state index in [1.165, 1.54) is 0 Å². The minimum absolute atomic E-state index is 0.00822. The first kappa shape index (κ1) is 11.8. The van der Waals surface area contributed by atoms with E-state index >= 15 is 0 Å². The van der Waals surface area contributed by atoms with Gasteiger partial charge in [-0.1, -0.05) is 0 Å². The van der Waals surface area contributed by atoms with Gasteiger partial charge >= 0.3 is 0 Å². The molecule has 0 bridgehead atoms. The molecule has 0 saturated carbocycles. The number of aromatic nitrogens is 2. The minimum Gasteiger partial charge on any atom is -0.379 e. The Bertz CT molecular complexity index is 374. The standard InChI is InChI=1S/C9H15N5O3/c10-8-7(12-17-13-8)9(15)11-1-2-14-3-5-16-6-4-14/h1-6H2,(H2,10,13)(H,11,15). The molecule has 3 N–H and O–H groups in total. The van der Waals surface area contributed by atoms with Gasteiger partial charge in [0.05, 0.1) is 13.2 Å². The van der Waals surface area contributed by atoms with Gasteiger partial charge in [0.1, 0.15) is 0 Å². The van der Waals surface area contributed by atoms with Crippen molar-refractivity contribution in [3.05, 3.63) is 5.69 Å². The number of nitrogen functional groups attached to an aromatic ring is 1. The predicted octanol–water partition coefficient (Wildman–Crippen LogP) is -1.29. The van der Waals surface area contributed by atoms with Crippen LogP contribution in [0.5, 0.6) is 0 Å². The van der Waals surface area contributed by atoms with Gasteiger partial charge in [-0.25, -0.2) is 4.63 Å². The van der Waals surface area contributed by atoms with Crippen LogP contribution in [0.1, 0.15) is 10.5 Å². The molecule has 1 aliphatic rings. The van der Waals surface area contributed by atoms with Crippen molar-refractivity contribution in [2.24, 2.45) is 0 Å². The second-order valence-corrected chi connectivity index (χ2v) is 3.71. The van der Waals surface area contributed by atoms with Crippen LogP contribution in [0, 0.1) is 0 Å². The van der Waals surface area contributed by atoms with Crippen LogP contribution in [0.3, 0.4) is 0 Å². The van der Waals surface area contributed by atoms with Gasteiger partial charge in [0.25, 0.3) is 5.91 Å². The fourth-order valence-corrected chi connectivity index (χ4v) is 1.59. The van der Waals surface area contributed by atoms with Crippen LogP contribution in [0.2, 0.25) is 0 Å². The Hall–Kier alpha value is -1.67. The number of hydrogen-bond donors (Lipinski definition) is 2. The first-order valence-electron chi connectivity index (χ1n) is 5.43. The highest BCUT2D eigenvalue weighted by atomic mass is 16.6. The van der Waals surface area contributed by atoms with E-state index in [0.29, 0.717) is 6.54 Å². The van der Waals surface area contributed by atoms with E-state index < -0.39 is 0 Å². The molecular weight excluding hydrogens is 226 g/mol. The second-order valence-electron chi connectivity index (χ2n) is 3.71. The van der Waals surface area contributed by atoms with Crippen LogP contribution >= 0.6 is 0 Å². The van der Waals surface area contributed by atoms with Crippen molar-refractivity contribution in [1.29, 1.82) is 0 Å². The number of rotatable bonds is 4. The van der Waals surface area contributed by atoms with Crippen LogP contribution in [-0.4, -0.2) is 60.5 Å². The molecule has 2 heterocycles. The summed E-state index contributed by atoms with van der Waals surface area (Å²) in [6.45, 7) is 4.58. The molecule has 1 amide bonds. The van der Waals surface area contributed by atoms with Crippen LogP contribution < -0.4 is 11.1 Å². The molecule has 8 heteroatoms. The molecule has 1 aromatic rings. The van der Waals surface area contributed by atoms with Gasteiger partial charge in [0.2, 0.25) is 11.5 Å². The largest absolute Gasteiger partial charge is 0.379 e. The number of nitrogens with one attached hydrogen (secondary N) is 1. The molecular formula is C9H15N5O3. The fourth-order valence-electron chi connectivity index (χ4n) is 1.59. The number of hydrogen-bond acceptors (Lipinski definition) is 7. The number of nitrogens with two attached hydrogens (primary N) is 1. The number of carbonyl (C=O) groups excluding carboxylic acids is 1. The smallest absolute Gasteiger partial charge is 0.277 e. The summed E-state index contributed by atoms with van der Waals surface area (Å²) in [5, 5.41) is 9.47. The van der Waals surface area contributed by atoms with E-state index in [9.17, 15) is 4.79 Å². The summed E-state index contributed by atoms with van der Waals surface area (Å²) in [5.74, 6) is -0.356. The van der Waals surface area contributed by atoms with Gasteiger partial charge in [0, 0.05) is 26.2 Å². The maximum Gasteiger partial charge on any atom is 0.277 e. The molecule has 0 spiro atoms. The zero-order valence-corrected chi connectivity index (χ0v) is 9.39. The molecule has 1 aliphatic heterocycles. The van der Waals surface area contributed by atoms with Gasteiger partial charge in [-0.3, -0.25) is 9.69 Å². The van der Waals surface area contributed by atoms with Crippen molar-refractivity contribution in [3.63, 3.8) is 0 Å². The summed E-state index contributed by atoms with van der Waals surface area (Å²) in [6.07, 6.45) is 0. The highest BCUT2D eigenvalue weighted by Gasteiger charge is 2.16. The van der Waals surface area contributed by atoms with E-state index in [1.54, 1.807) is 0 Å². The number of nitrogens with zero attached hydrogens (tertiary/aromatic N) is 3. The van der Waals surface area contributed by atoms with Gasteiger partial charge in [-0.2, -0.15) is 0 Å². The van der Waals surface area contributed by atoms with Crippen molar-refractivity contribution in [3.8, 4) is 0 Å². The number of ether oxygens (including phenoxy) is 1. The van der Waals surface area contributed by atoms with Crippen molar-refractivity contribution in [2.75, 3.05) is 45.1 Å². The van der Waals surface area contributed by atoms with Gasteiger partial charge in [-0.05, 0) is 10.3 Å². The van der Waals surface area contributed by atoms with Crippen LogP contribution in [0.15, 0.2) is 4.63 Å². The van der Waals surface area contributed by atoms with E-state index in [4.69, 9.17) is 10.5 Å². The number of carbonyl (C=O) groups is 1. The lowest BCUT2D eigenvalue weighted by Gasteiger charge is -2.26. The molecule has 1 aromatic heterocycles. The normalized spacial score (nSPS) is 16.9. The average molecular weight is 241 g/mol. The quantitative estimate of drug-likeness (QED) is 0.675. The fraction of sp³-hybridized carbons (Fsp3) is 0.667. The zero-order chi connectivity index (χ0) is 12.1. The highest BCUT2D eigenvalue weighted by molar-refractivity contribution is 5.95. The average Bonchev–Trinajstić information content (AvgIpc) is 2.77. The Morgan fingerprint density at radius 2 is 2.18 bits per heavy atom. The summed E-state index contributed by atoms with van der Waals surface area (Å²) in [5.41, 5.74) is 5.44. The summed E-state index contributed by atoms with van der Waals surface area (Å²) in [7, 11) is 0. The molecule has 0 unspecified atom stereocenters. The molecule has 8 nitrogen and oxygen atoms in total. The molecule has 0 aliphatic carbocycles. The third-order valence-electron chi connectivity index (χ3n) is 2.55. The second kappa shape index (κ2) is 5.60. The first-order valence-corrected chi connectivity index (χ1v) is 5.43. The van der Waals surface area contributed by atoms with Crippen molar-refractivity contribution >= 4 is 11.7 Å². The lowest BCUT2D eigenvalue weighted by molar-refractivity contribution is 0.0383. The van der Waals surface area contributed by atoms with Crippen molar-refractivity contribution < 1.29 is 14.2 Å². The molecule has 0 atom stereocenters. The molecule has 1 saturated heterocycles. The summed E-state index contributed by atoms with van der Waals surface area (Å²) >= 11 is 0. The summed E-state index contributed by atoms with van der Waals surface area (Å²) in [6, 6.07) is 0.